The van der Waals surface area contributed by atoms with E-state index in [1.807, 2.05) is 19.1 Å². The van der Waals surface area contributed by atoms with E-state index in [0.29, 0.717) is 18.4 Å². The van der Waals surface area contributed by atoms with Crippen LogP contribution in [0.25, 0.3) is 6.08 Å². The van der Waals surface area contributed by atoms with Crippen molar-refractivity contribution in [3.05, 3.63) is 28.6 Å². The van der Waals surface area contributed by atoms with Crippen molar-refractivity contribution in [1.29, 1.82) is 5.26 Å². The Morgan fingerprint density at radius 3 is 2.48 bits per heavy atom. The van der Waals surface area contributed by atoms with Crippen molar-refractivity contribution in [2.45, 2.75) is 54.5 Å². The van der Waals surface area contributed by atoms with Crippen LogP contribution in [0.15, 0.2) is 11.6 Å². The molecule has 1 N–H and O–H groups in total. The number of carbonyl (C=O) groups excluding carboxylic acids is 1. The first-order chi connectivity index (χ1) is 10.8. The first-order valence-electron chi connectivity index (χ1n) is 8.33. The molecule has 1 aromatic heterocycles. The fraction of sp³-hybridized carbons (Fsp3) is 0.579. The molecule has 1 amide bonds. The second-order valence-electron chi connectivity index (χ2n) is 6.94. The highest BCUT2D eigenvalue weighted by atomic mass is 16.1. The molecule has 4 nitrogen and oxygen atoms in total. The van der Waals surface area contributed by atoms with E-state index in [9.17, 15) is 10.1 Å². The van der Waals surface area contributed by atoms with Gasteiger partial charge in [0.25, 0.3) is 5.91 Å². The Bertz CT molecular complexity index is 615. The Balaban J connectivity index is 2.94. The van der Waals surface area contributed by atoms with Gasteiger partial charge in [-0.1, -0.05) is 27.7 Å². The minimum Gasteiger partial charge on any atom is -0.351 e. The highest BCUT2D eigenvalue weighted by molar-refractivity contribution is 6.01. The van der Waals surface area contributed by atoms with Gasteiger partial charge in [-0.25, -0.2) is 0 Å². The van der Waals surface area contributed by atoms with Crippen molar-refractivity contribution in [3.63, 3.8) is 0 Å². The fourth-order valence-corrected chi connectivity index (χ4v) is 2.49. The molecule has 0 saturated heterocycles. The summed E-state index contributed by atoms with van der Waals surface area (Å²) in [5, 5.41) is 12.1. The maximum Gasteiger partial charge on any atom is 0.261 e. The number of aromatic nitrogens is 1. The molecule has 0 aromatic carbocycles. The first-order valence-corrected chi connectivity index (χ1v) is 8.33. The predicted molar refractivity (Wildman–Crippen MR) is 94.8 cm³/mol. The Morgan fingerprint density at radius 1 is 1.30 bits per heavy atom. The van der Waals surface area contributed by atoms with Gasteiger partial charge in [0, 0.05) is 24.5 Å². The molecule has 23 heavy (non-hydrogen) atoms. The molecule has 0 aliphatic carbocycles. The quantitative estimate of drug-likeness (QED) is 0.614. The monoisotopic (exact) mass is 315 g/mol. The van der Waals surface area contributed by atoms with Gasteiger partial charge in [-0.2, -0.15) is 5.26 Å². The summed E-state index contributed by atoms with van der Waals surface area (Å²) in [7, 11) is 0. The molecule has 0 radical (unpaired) electrons. The van der Waals surface area contributed by atoms with E-state index in [4.69, 9.17) is 0 Å². The number of amides is 1. The van der Waals surface area contributed by atoms with Crippen LogP contribution in [0.1, 0.15) is 51.1 Å². The van der Waals surface area contributed by atoms with Gasteiger partial charge in [-0.15, -0.1) is 0 Å². The number of nitriles is 1. The van der Waals surface area contributed by atoms with E-state index in [1.165, 1.54) is 0 Å². The van der Waals surface area contributed by atoms with E-state index >= 15 is 0 Å². The summed E-state index contributed by atoms with van der Waals surface area (Å²) in [6.07, 6.45) is 2.61. The molecule has 4 heteroatoms. The number of carbonyl (C=O) groups is 1. The average Bonchev–Trinajstić information content (AvgIpc) is 2.71. The van der Waals surface area contributed by atoms with Crippen LogP contribution in [0.5, 0.6) is 0 Å². The molecule has 0 spiro atoms. The smallest absolute Gasteiger partial charge is 0.261 e. The van der Waals surface area contributed by atoms with Crippen LogP contribution in [-0.4, -0.2) is 17.0 Å². The predicted octanol–water partition coefficient (Wildman–Crippen LogP) is 3.83. The van der Waals surface area contributed by atoms with Gasteiger partial charge in [0.1, 0.15) is 11.6 Å². The number of hydrogen-bond donors (Lipinski definition) is 1. The first kappa shape index (κ1) is 19.0. The van der Waals surface area contributed by atoms with Crippen LogP contribution in [0.2, 0.25) is 0 Å². The Kier molecular flexibility index (Phi) is 7.09. The van der Waals surface area contributed by atoms with E-state index in [0.717, 1.165) is 29.9 Å². The maximum absolute atomic E-state index is 12.1. The summed E-state index contributed by atoms with van der Waals surface area (Å²) in [5.41, 5.74) is 3.36. The van der Waals surface area contributed by atoms with Gasteiger partial charge in [-0.05, 0) is 49.8 Å². The summed E-state index contributed by atoms with van der Waals surface area (Å²) in [6, 6.07) is 4.06. The molecule has 0 atom stereocenters. The van der Waals surface area contributed by atoms with Crippen molar-refractivity contribution < 1.29 is 4.79 Å². The molecule has 0 aliphatic rings. The molecule has 1 aromatic rings. The average molecular weight is 315 g/mol. The lowest BCUT2D eigenvalue weighted by Gasteiger charge is -2.12. The standard InChI is InChI=1S/C19H29N3O/c1-13(2)7-8-21-19(23)18(11-20)10-17-9-15(5)22(16(17)6)12-14(3)4/h9-10,13-14H,7-8,12H2,1-6H3,(H,21,23)/b18-10+. The summed E-state index contributed by atoms with van der Waals surface area (Å²) in [4.78, 5) is 12.1. The largest absolute Gasteiger partial charge is 0.351 e. The minimum atomic E-state index is -0.290. The number of hydrogen-bond acceptors (Lipinski definition) is 2. The molecule has 1 rings (SSSR count). The molecule has 0 saturated carbocycles. The van der Waals surface area contributed by atoms with E-state index < -0.39 is 0 Å². The zero-order valence-corrected chi connectivity index (χ0v) is 15.2. The Morgan fingerprint density at radius 2 is 1.96 bits per heavy atom. The van der Waals surface area contributed by atoms with Gasteiger partial charge in [-0.3, -0.25) is 4.79 Å². The number of rotatable bonds is 7. The normalized spacial score (nSPS) is 11.9. The van der Waals surface area contributed by atoms with E-state index in [1.54, 1.807) is 6.08 Å². The lowest BCUT2D eigenvalue weighted by Crippen LogP contribution is -2.26. The minimum absolute atomic E-state index is 0.165. The Hall–Kier alpha value is -2.02. The lowest BCUT2D eigenvalue weighted by atomic mass is 10.1. The highest BCUT2D eigenvalue weighted by Gasteiger charge is 2.13. The molecular weight excluding hydrogens is 286 g/mol. The third-order valence-corrected chi connectivity index (χ3v) is 3.83. The van der Waals surface area contributed by atoms with E-state index in [2.05, 4.69) is 44.5 Å². The summed E-state index contributed by atoms with van der Waals surface area (Å²) in [6.45, 7) is 14.2. The third-order valence-electron chi connectivity index (χ3n) is 3.83. The molecule has 0 unspecified atom stereocenters. The van der Waals surface area contributed by atoms with Crippen LogP contribution in [-0.2, 0) is 11.3 Å². The highest BCUT2D eigenvalue weighted by Crippen LogP contribution is 2.19. The van der Waals surface area contributed by atoms with Gasteiger partial charge < -0.3 is 9.88 Å². The molecular formula is C19H29N3O. The van der Waals surface area contributed by atoms with Crippen molar-refractivity contribution in [2.24, 2.45) is 11.8 Å². The van der Waals surface area contributed by atoms with Crippen LogP contribution >= 0.6 is 0 Å². The van der Waals surface area contributed by atoms with Crippen LogP contribution in [0.4, 0.5) is 0 Å². The fourth-order valence-electron chi connectivity index (χ4n) is 2.49. The zero-order chi connectivity index (χ0) is 17.6. The van der Waals surface area contributed by atoms with Crippen molar-refractivity contribution in [3.8, 4) is 6.07 Å². The van der Waals surface area contributed by atoms with Crippen molar-refractivity contribution in [1.82, 2.24) is 9.88 Å². The van der Waals surface area contributed by atoms with Crippen LogP contribution in [0.3, 0.4) is 0 Å². The summed E-state index contributed by atoms with van der Waals surface area (Å²) >= 11 is 0. The van der Waals surface area contributed by atoms with Gasteiger partial charge in [0.05, 0.1) is 0 Å². The topological polar surface area (TPSA) is 57.8 Å². The third kappa shape index (κ3) is 5.59. The second-order valence-corrected chi connectivity index (χ2v) is 6.94. The second kappa shape index (κ2) is 8.57. The van der Waals surface area contributed by atoms with Crippen molar-refractivity contribution in [2.75, 3.05) is 6.54 Å². The summed E-state index contributed by atoms with van der Waals surface area (Å²) < 4.78 is 2.24. The van der Waals surface area contributed by atoms with Crippen LogP contribution < -0.4 is 5.32 Å². The number of aryl methyl sites for hydroxylation is 1. The molecule has 0 aliphatic heterocycles. The van der Waals surface area contributed by atoms with Crippen LogP contribution in [0, 0.1) is 37.0 Å². The van der Waals surface area contributed by atoms with Gasteiger partial charge in [0.15, 0.2) is 0 Å². The lowest BCUT2D eigenvalue weighted by molar-refractivity contribution is -0.117. The number of nitrogens with one attached hydrogen (secondary N) is 1. The number of nitrogens with zero attached hydrogens (tertiary/aromatic N) is 2. The molecule has 1 heterocycles. The Labute approximate surface area is 140 Å². The van der Waals surface area contributed by atoms with Crippen molar-refractivity contribution >= 4 is 12.0 Å². The van der Waals surface area contributed by atoms with Gasteiger partial charge in [0.2, 0.25) is 0 Å². The molecule has 0 bridgehead atoms. The van der Waals surface area contributed by atoms with Gasteiger partial charge >= 0.3 is 0 Å². The maximum atomic E-state index is 12.1. The zero-order valence-electron chi connectivity index (χ0n) is 15.2. The summed E-state index contributed by atoms with van der Waals surface area (Å²) in [5.74, 6) is 0.785. The van der Waals surface area contributed by atoms with E-state index in [-0.39, 0.29) is 11.5 Å². The SMILES string of the molecule is Cc1cc(/C=C(\C#N)C(=O)NCCC(C)C)c(C)n1CC(C)C. The molecule has 0 fully saturated rings. The molecule has 126 valence electrons.